The standard InChI is InChI=1S/C15H16N4OS3/c1-9-5-3-4-6-11(9)13-18-19-14(23-13)17-12(20)10(2)22-15-16-7-8-21-15/h3-6,10H,7-8H2,1-2H3,(H,17,19,20)/t10-/m0/s1. The Morgan fingerprint density at radius 3 is 2.91 bits per heavy atom. The number of carbonyl (C=O) groups is 1. The van der Waals surface area contributed by atoms with Crippen molar-refractivity contribution in [3.05, 3.63) is 29.8 Å². The molecule has 5 nitrogen and oxygen atoms in total. The van der Waals surface area contributed by atoms with Crippen LogP contribution in [0.1, 0.15) is 12.5 Å². The molecule has 0 saturated carbocycles. The Balaban J connectivity index is 1.64. The first-order valence-electron chi connectivity index (χ1n) is 7.18. The zero-order valence-electron chi connectivity index (χ0n) is 12.8. The van der Waals surface area contributed by atoms with Crippen molar-refractivity contribution in [1.29, 1.82) is 0 Å². The summed E-state index contributed by atoms with van der Waals surface area (Å²) in [5, 5.41) is 12.2. The summed E-state index contributed by atoms with van der Waals surface area (Å²) < 4.78 is 0.991. The van der Waals surface area contributed by atoms with Gasteiger partial charge in [-0.1, -0.05) is 59.1 Å². The molecule has 1 atom stereocenters. The van der Waals surface area contributed by atoms with Crippen LogP contribution in [0.5, 0.6) is 0 Å². The average molecular weight is 365 g/mol. The van der Waals surface area contributed by atoms with Gasteiger partial charge < -0.3 is 0 Å². The fourth-order valence-corrected chi connectivity index (χ4v) is 4.96. The van der Waals surface area contributed by atoms with E-state index in [1.807, 2.05) is 38.1 Å². The lowest BCUT2D eigenvalue weighted by Gasteiger charge is -2.09. The monoisotopic (exact) mass is 364 g/mol. The SMILES string of the molecule is Cc1ccccc1-c1nnc(NC(=O)[C@H](C)SC2=NCCS2)s1. The van der Waals surface area contributed by atoms with Gasteiger partial charge in [0.15, 0.2) is 0 Å². The largest absolute Gasteiger partial charge is 0.300 e. The average Bonchev–Trinajstić information content (AvgIpc) is 3.19. The third-order valence-corrected chi connectivity index (χ3v) is 6.41. The predicted molar refractivity (Wildman–Crippen MR) is 101 cm³/mol. The second-order valence-corrected chi connectivity index (χ2v) is 8.62. The van der Waals surface area contributed by atoms with E-state index in [1.54, 1.807) is 11.8 Å². The Labute approximate surface area is 147 Å². The van der Waals surface area contributed by atoms with Crippen molar-refractivity contribution in [2.75, 3.05) is 17.6 Å². The molecule has 1 aliphatic rings. The number of nitrogens with zero attached hydrogens (tertiary/aromatic N) is 3. The number of aromatic nitrogens is 2. The number of benzene rings is 1. The van der Waals surface area contributed by atoms with Crippen LogP contribution in [0.2, 0.25) is 0 Å². The lowest BCUT2D eigenvalue weighted by Crippen LogP contribution is -2.23. The van der Waals surface area contributed by atoms with Gasteiger partial charge in [0, 0.05) is 11.3 Å². The molecule has 120 valence electrons. The molecule has 3 rings (SSSR count). The van der Waals surface area contributed by atoms with E-state index in [-0.39, 0.29) is 11.2 Å². The number of hydrogen-bond acceptors (Lipinski definition) is 7. The van der Waals surface area contributed by atoms with Crippen molar-refractivity contribution in [2.24, 2.45) is 4.99 Å². The molecule has 0 aliphatic carbocycles. The zero-order valence-corrected chi connectivity index (χ0v) is 15.2. The van der Waals surface area contributed by atoms with Crippen LogP contribution < -0.4 is 5.32 Å². The van der Waals surface area contributed by atoms with E-state index >= 15 is 0 Å². The first-order valence-corrected chi connectivity index (χ1v) is 9.86. The van der Waals surface area contributed by atoms with Gasteiger partial charge in [0.2, 0.25) is 11.0 Å². The molecule has 1 aliphatic heterocycles. The summed E-state index contributed by atoms with van der Waals surface area (Å²) in [6, 6.07) is 8.01. The topological polar surface area (TPSA) is 67.2 Å². The highest BCUT2D eigenvalue weighted by molar-refractivity contribution is 8.39. The molecular formula is C15H16N4OS3. The van der Waals surface area contributed by atoms with Gasteiger partial charge in [0.1, 0.15) is 9.38 Å². The molecular weight excluding hydrogens is 348 g/mol. The fourth-order valence-electron chi connectivity index (χ4n) is 1.99. The van der Waals surface area contributed by atoms with Crippen molar-refractivity contribution < 1.29 is 4.79 Å². The number of carbonyl (C=O) groups excluding carboxylic acids is 1. The van der Waals surface area contributed by atoms with Gasteiger partial charge in [-0.3, -0.25) is 15.1 Å². The van der Waals surface area contributed by atoms with Gasteiger partial charge in [-0.05, 0) is 19.4 Å². The summed E-state index contributed by atoms with van der Waals surface area (Å²) >= 11 is 4.59. The number of nitrogens with one attached hydrogen (secondary N) is 1. The van der Waals surface area contributed by atoms with E-state index in [9.17, 15) is 4.79 Å². The fraction of sp³-hybridized carbons (Fsp3) is 0.333. The molecule has 8 heteroatoms. The summed E-state index contributed by atoms with van der Waals surface area (Å²) in [5.41, 5.74) is 2.19. The van der Waals surface area contributed by atoms with Crippen LogP contribution in [0.15, 0.2) is 29.3 Å². The minimum Gasteiger partial charge on any atom is -0.300 e. The predicted octanol–water partition coefficient (Wildman–Crippen LogP) is 3.68. The first kappa shape index (κ1) is 16.5. The lowest BCUT2D eigenvalue weighted by molar-refractivity contribution is -0.115. The Morgan fingerprint density at radius 2 is 2.17 bits per heavy atom. The normalized spacial score (nSPS) is 15.3. The first-order chi connectivity index (χ1) is 11.1. The number of thioether (sulfide) groups is 2. The molecule has 0 saturated heterocycles. The van der Waals surface area contributed by atoms with Crippen molar-refractivity contribution in [3.8, 4) is 10.6 Å². The van der Waals surface area contributed by atoms with E-state index in [0.717, 1.165) is 32.8 Å². The lowest BCUT2D eigenvalue weighted by atomic mass is 10.1. The maximum absolute atomic E-state index is 12.3. The molecule has 1 N–H and O–H groups in total. The number of aryl methyl sites for hydroxylation is 1. The Bertz CT molecular complexity index is 744. The molecule has 0 fully saturated rings. The Morgan fingerprint density at radius 1 is 1.35 bits per heavy atom. The van der Waals surface area contributed by atoms with Crippen molar-refractivity contribution in [2.45, 2.75) is 19.1 Å². The van der Waals surface area contributed by atoms with Gasteiger partial charge in [-0.2, -0.15) is 0 Å². The van der Waals surface area contributed by atoms with E-state index in [1.165, 1.54) is 23.1 Å². The molecule has 0 unspecified atom stereocenters. The highest BCUT2D eigenvalue weighted by atomic mass is 32.2. The van der Waals surface area contributed by atoms with Gasteiger partial charge in [-0.25, -0.2) is 0 Å². The van der Waals surface area contributed by atoms with Gasteiger partial charge in [0.05, 0.1) is 11.8 Å². The van der Waals surface area contributed by atoms with Gasteiger partial charge in [0.25, 0.3) is 0 Å². The molecule has 1 amide bonds. The van der Waals surface area contributed by atoms with E-state index in [4.69, 9.17) is 0 Å². The van der Waals surface area contributed by atoms with E-state index < -0.39 is 0 Å². The van der Waals surface area contributed by atoms with Crippen molar-refractivity contribution in [1.82, 2.24) is 10.2 Å². The Hall–Kier alpha value is -1.38. The molecule has 0 bridgehead atoms. The third kappa shape index (κ3) is 4.13. The summed E-state index contributed by atoms with van der Waals surface area (Å²) in [4.78, 5) is 16.6. The van der Waals surface area contributed by atoms with Gasteiger partial charge >= 0.3 is 0 Å². The molecule has 1 aromatic heterocycles. The van der Waals surface area contributed by atoms with Crippen molar-refractivity contribution >= 4 is 50.3 Å². The quantitative estimate of drug-likeness (QED) is 0.896. The van der Waals surface area contributed by atoms with Crippen LogP contribution in [0.25, 0.3) is 10.6 Å². The zero-order chi connectivity index (χ0) is 16.2. The minimum atomic E-state index is -0.204. The maximum atomic E-state index is 12.3. The summed E-state index contributed by atoms with van der Waals surface area (Å²) in [7, 11) is 0. The summed E-state index contributed by atoms with van der Waals surface area (Å²) in [6.07, 6.45) is 0. The van der Waals surface area contributed by atoms with Crippen LogP contribution in [-0.2, 0) is 4.79 Å². The highest BCUT2D eigenvalue weighted by Gasteiger charge is 2.20. The van der Waals surface area contributed by atoms with Crippen LogP contribution >= 0.6 is 34.9 Å². The van der Waals surface area contributed by atoms with Gasteiger partial charge in [-0.15, -0.1) is 10.2 Å². The van der Waals surface area contributed by atoms with Crippen LogP contribution in [0.4, 0.5) is 5.13 Å². The number of anilines is 1. The molecule has 23 heavy (non-hydrogen) atoms. The molecule has 2 aromatic rings. The number of aliphatic imine (C=N–C) groups is 1. The van der Waals surface area contributed by atoms with Crippen molar-refractivity contribution in [3.63, 3.8) is 0 Å². The molecule has 0 radical (unpaired) electrons. The minimum absolute atomic E-state index is 0.0716. The van der Waals surface area contributed by atoms with E-state index in [0.29, 0.717) is 5.13 Å². The summed E-state index contributed by atoms with van der Waals surface area (Å²) in [5.74, 6) is 0.935. The second-order valence-electron chi connectivity index (χ2n) is 4.97. The third-order valence-electron chi connectivity index (χ3n) is 3.24. The second kappa shape index (κ2) is 7.46. The smallest absolute Gasteiger partial charge is 0.239 e. The highest BCUT2D eigenvalue weighted by Crippen LogP contribution is 2.30. The number of amides is 1. The van der Waals surface area contributed by atoms with E-state index in [2.05, 4.69) is 20.5 Å². The molecule has 0 spiro atoms. The van der Waals surface area contributed by atoms with Crippen LogP contribution in [-0.4, -0.2) is 38.0 Å². The van der Waals surface area contributed by atoms with Crippen LogP contribution in [0.3, 0.4) is 0 Å². The molecule has 2 heterocycles. The number of hydrogen-bond donors (Lipinski definition) is 1. The Kier molecular flexibility index (Phi) is 5.34. The summed E-state index contributed by atoms with van der Waals surface area (Å²) in [6.45, 7) is 4.76. The van der Waals surface area contributed by atoms with Crippen LogP contribution in [0, 0.1) is 6.92 Å². The number of rotatable bonds is 4. The molecule has 1 aromatic carbocycles. The maximum Gasteiger partial charge on any atom is 0.239 e.